The molecule has 0 saturated heterocycles. The Balaban J connectivity index is 1.70. The molecule has 0 fully saturated rings. The molecule has 4 aromatic rings. The number of hydrogen-bond donors (Lipinski definition) is 1. The van der Waals surface area contributed by atoms with Gasteiger partial charge in [0.05, 0.1) is 12.0 Å². The van der Waals surface area contributed by atoms with Gasteiger partial charge in [-0.1, -0.05) is 38.1 Å². The molecule has 36 heavy (non-hydrogen) atoms. The number of ether oxygens (including phenoxy) is 2. The monoisotopic (exact) mass is 509 g/mol. The van der Waals surface area contributed by atoms with Crippen LogP contribution >= 0.6 is 11.3 Å². The molecule has 4 rings (SSSR count). The van der Waals surface area contributed by atoms with E-state index in [1.54, 1.807) is 29.5 Å². The molecule has 0 bridgehead atoms. The van der Waals surface area contributed by atoms with E-state index >= 15 is 0 Å². The van der Waals surface area contributed by atoms with E-state index in [9.17, 15) is 9.18 Å². The summed E-state index contributed by atoms with van der Waals surface area (Å²) >= 11 is 1.60. The fraction of sp³-hybridized carbons (Fsp3) is 0.296. The summed E-state index contributed by atoms with van der Waals surface area (Å²) in [5.41, 5.74) is 2.24. The molecule has 0 unspecified atom stereocenters. The van der Waals surface area contributed by atoms with Crippen LogP contribution in [0, 0.1) is 5.82 Å². The van der Waals surface area contributed by atoms with Crippen molar-refractivity contribution in [2.75, 3.05) is 7.11 Å². The fourth-order valence-electron chi connectivity index (χ4n) is 3.67. The number of rotatable bonds is 9. The second kappa shape index (κ2) is 10.5. The van der Waals surface area contributed by atoms with Gasteiger partial charge in [-0.2, -0.15) is 0 Å². The predicted octanol–water partition coefficient (Wildman–Crippen LogP) is 6.04. The number of halogens is 1. The molecular weight excluding hydrogens is 481 g/mol. The number of thiophene rings is 1. The van der Waals surface area contributed by atoms with Gasteiger partial charge in [0.1, 0.15) is 41.0 Å². The van der Waals surface area contributed by atoms with Crippen LogP contribution in [0.4, 0.5) is 4.39 Å². The summed E-state index contributed by atoms with van der Waals surface area (Å²) in [6.07, 6.45) is 0.455. The maximum Gasteiger partial charge on any atom is 0.303 e. The molecule has 0 aliphatic carbocycles. The molecule has 0 amide bonds. The molecular formula is C27H28FN3O4S. The highest BCUT2D eigenvalue weighted by Gasteiger charge is 2.23. The molecule has 0 spiro atoms. The average molecular weight is 510 g/mol. The number of benzene rings is 2. The van der Waals surface area contributed by atoms with Crippen LogP contribution in [0.25, 0.3) is 16.3 Å². The Kier molecular flexibility index (Phi) is 7.40. The highest BCUT2D eigenvalue weighted by atomic mass is 32.1. The summed E-state index contributed by atoms with van der Waals surface area (Å²) in [4.78, 5) is 13.0. The van der Waals surface area contributed by atoms with Gasteiger partial charge in [-0.05, 0) is 53.8 Å². The molecule has 9 heteroatoms. The summed E-state index contributed by atoms with van der Waals surface area (Å²) < 4.78 is 27.7. The summed E-state index contributed by atoms with van der Waals surface area (Å²) in [5, 5.41) is 17.6. The minimum absolute atomic E-state index is 0.0442. The van der Waals surface area contributed by atoms with Gasteiger partial charge in [-0.15, -0.1) is 16.4 Å². The van der Waals surface area contributed by atoms with E-state index in [-0.39, 0.29) is 24.1 Å². The number of nitrogens with zero attached hydrogens (tertiary/aromatic N) is 3. The first kappa shape index (κ1) is 25.4. The van der Waals surface area contributed by atoms with E-state index < -0.39 is 11.8 Å². The van der Waals surface area contributed by atoms with Crippen molar-refractivity contribution in [2.24, 2.45) is 0 Å². The van der Waals surface area contributed by atoms with Crippen molar-refractivity contribution in [1.82, 2.24) is 15.0 Å². The third-order valence-electron chi connectivity index (χ3n) is 5.60. The largest absolute Gasteiger partial charge is 0.497 e. The van der Waals surface area contributed by atoms with Crippen molar-refractivity contribution < 1.29 is 23.8 Å². The summed E-state index contributed by atoms with van der Waals surface area (Å²) in [7, 11) is 1.53. The topological polar surface area (TPSA) is 86.5 Å². The van der Waals surface area contributed by atoms with Crippen LogP contribution in [0.1, 0.15) is 43.3 Å². The number of aromatic nitrogens is 3. The summed E-state index contributed by atoms with van der Waals surface area (Å²) in [5.74, 6) is -0.205. The number of aliphatic carboxylic acids is 1. The van der Waals surface area contributed by atoms with Crippen LogP contribution < -0.4 is 9.47 Å². The smallest absolute Gasteiger partial charge is 0.303 e. The van der Waals surface area contributed by atoms with Gasteiger partial charge in [0, 0.05) is 17.4 Å². The minimum Gasteiger partial charge on any atom is -0.497 e. The number of carbonyl (C=O) groups is 1. The maximum absolute atomic E-state index is 14.9. The predicted molar refractivity (Wildman–Crippen MR) is 137 cm³/mol. The van der Waals surface area contributed by atoms with E-state index in [1.165, 1.54) is 22.7 Å². The van der Waals surface area contributed by atoms with Crippen molar-refractivity contribution in [3.8, 4) is 27.8 Å². The van der Waals surface area contributed by atoms with Gasteiger partial charge < -0.3 is 14.6 Å². The molecule has 0 aliphatic heterocycles. The second-order valence-electron chi connectivity index (χ2n) is 9.36. The Morgan fingerprint density at radius 3 is 2.61 bits per heavy atom. The van der Waals surface area contributed by atoms with Gasteiger partial charge in [0.2, 0.25) is 0 Å². The SMILES string of the molecule is COc1ccc(F)c(-n2nnc(COc3cccc(CCC(=O)O)c3)c2-c2ccc(C(C)(C)C)s2)c1. The van der Waals surface area contributed by atoms with Crippen LogP contribution in [0.15, 0.2) is 54.6 Å². The van der Waals surface area contributed by atoms with Crippen LogP contribution in [0.3, 0.4) is 0 Å². The van der Waals surface area contributed by atoms with Crippen molar-refractivity contribution in [3.63, 3.8) is 0 Å². The lowest BCUT2D eigenvalue weighted by Gasteiger charge is -2.15. The lowest BCUT2D eigenvalue weighted by atomic mass is 9.95. The third kappa shape index (κ3) is 5.73. The molecule has 2 aromatic carbocycles. The molecule has 7 nitrogen and oxygen atoms in total. The Morgan fingerprint density at radius 1 is 1.11 bits per heavy atom. The molecule has 0 aliphatic rings. The molecule has 1 N–H and O–H groups in total. The third-order valence-corrected chi connectivity index (χ3v) is 7.12. The van der Waals surface area contributed by atoms with E-state index in [0.29, 0.717) is 29.3 Å². The Bertz CT molecular complexity index is 1370. The zero-order valence-corrected chi connectivity index (χ0v) is 21.4. The summed E-state index contributed by atoms with van der Waals surface area (Å²) in [6.45, 7) is 6.52. The molecule has 188 valence electrons. The van der Waals surface area contributed by atoms with Crippen molar-refractivity contribution in [2.45, 2.75) is 45.6 Å². The average Bonchev–Trinajstić information content (AvgIpc) is 3.49. The van der Waals surface area contributed by atoms with Gasteiger partial charge in [-0.3, -0.25) is 4.79 Å². The highest BCUT2D eigenvalue weighted by molar-refractivity contribution is 7.15. The van der Waals surface area contributed by atoms with Crippen LogP contribution in [0.2, 0.25) is 0 Å². The zero-order chi connectivity index (χ0) is 25.9. The first-order valence-electron chi connectivity index (χ1n) is 11.5. The van der Waals surface area contributed by atoms with E-state index in [1.807, 2.05) is 24.3 Å². The van der Waals surface area contributed by atoms with Crippen LogP contribution in [0.5, 0.6) is 11.5 Å². The van der Waals surface area contributed by atoms with E-state index in [2.05, 4.69) is 37.1 Å². The fourth-order valence-corrected chi connectivity index (χ4v) is 4.79. The first-order chi connectivity index (χ1) is 17.2. The highest BCUT2D eigenvalue weighted by Crippen LogP contribution is 2.37. The standard InChI is InChI=1S/C27H28FN3O4S/c1-27(2,3)24-12-11-23(36-24)26-21(16-35-19-7-5-6-17(14-19)8-13-25(32)33)29-30-31(26)22-15-18(34-4)9-10-20(22)28/h5-7,9-12,14-15H,8,13,16H2,1-4H3,(H,32,33). The molecule has 2 heterocycles. The van der Waals surface area contributed by atoms with Gasteiger partial charge in [-0.25, -0.2) is 9.07 Å². The Hall–Kier alpha value is -3.72. The van der Waals surface area contributed by atoms with Crippen LogP contribution in [-0.4, -0.2) is 33.2 Å². The second-order valence-corrected chi connectivity index (χ2v) is 10.4. The van der Waals surface area contributed by atoms with Crippen molar-refractivity contribution in [1.29, 1.82) is 0 Å². The van der Waals surface area contributed by atoms with E-state index in [0.717, 1.165) is 10.4 Å². The number of methoxy groups -OCH3 is 1. The number of carboxylic acids is 1. The Labute approximate surface area is 213 Å². The molecule has 0 saturated carbocycles. The summed E-state index contributed by atoms with van der Waals surface area (Å²) in [6, 6.07) is 15.9. The first-order valence-corrected chi connectivity index (χ1v) is 12.3. The normalized spacial score (nSPS) is 11.5. The quantitative estimate of drug-likeness (QED) is 0.296. The van der Waals surface area contributed by atoms with Crippen molar-refractivity contribution in [3.05, 3.63) is 76.5 Å². The van der Waals surface area contributed by atoms with Gasteiger partial charge in [0.25, 0.3) is 0 Å². The van der Waals surface area contributed by atoms with Crippen LogP contribution in [-0.2, 0) is 23.2 Å². The number of hydrogen-bond acceptors (Lipinski definition) is 6. The number of carboxylic acid groups (broad SMARTS) is 1. The van der Waals surface area contributed by atoms with Crippen molar-refractivity contribution >= 4 is 17.3 Å². The molecule has 0 radical (unpaired) electrons. The van der Waals surface area contributed by atoms with Gasteiger partial charge >= 0.3 is 5.97 Å². The molecule has 2 aromatic heterocycles. The maximum atomic E-state index is 14.9. The lowest BCUT2D eigenvalue weighted by Crippen LogP contribution is -2.07. The minimum atomic E-state index is -0.849. The van der Waals surface area contributed by atoms with Gasteiger partial charge in [0.15, 0.2) is 0 Å². The zero-order valence-electron chi connectivity index (χ0n) is 20.6. The number of aryl methyl sites for hydroxylation is 1. The molecule has 0 atom stereocenters. The lowest BCUT2D eigenvalue weighted by molar-refractivity contribution is -0.136. The Morgan fingerprint density at radius 2 is 1.92 bits per heavy atom. The van der Waals surface area contributed by atoms with E-state index in [4.69, 9.17) is 14.6 Å².